The van der Waals surface area contributed by atoms with Gasteiger partial charge in [-0.1, -0.05) is 6.92 Å². The number of nitrogens with zero attached hydrogens (tertiary/aromatic N) is 1. The lowest BCUT2D eigenvalue weighted by Gasteiger charge is -2.38. The van der Waals surface area contributed by atoms with E-state index in [1.165, 1.54) is 0 Å². The van der Waals surface area contributed by atoms with Gasteiger partial charge in [-0.3, -0.25) is 4.79 Å². The van der Waals surface area contributed by atoms with E-state index in [9.17, 15) is 4.79 Å². The third kappa shape index (κ3) is 3.08. The summed E-state index contributed by atoms with van der Waals surface area (Å²) in [5.41, 5.74) is -0.191. The molecule has 1 unspecified atom stereocenters. The van der Waals surface area contributed by atoms with Crippen LogP contribution in [0.5, 0.6) is 0 Å². The second kappa shape index (κ2) is 5.49. The van der Waals surface area contributed by atoms with E-state index in [0.717, 1.165) is 25.3 Å². The minimum absolute atomic E-state index is 0.0802. The maximum Gasteiger partial charge on any atom is 0.246 e. The van der Waals surface area contributed by atoms with Crippen molar-refractivity contribution in [3.05, 3.63) is 18.2 Å². The molecule has 1 aromatic heterocycles. The van der Waals surface area contributed by atoms with Gasteiger partial charge >= 0.3 is 0 Å². The van der Waals surface area contributed by atoms with E-state index in [1.807, 2.05) is 13.8 Å². The fourth-order valence-electron chi connectivity index (χ4n) is 1.89. The molecule has 1 atom stereocenters. The number of aromatic nitrogens is 2. The Labute approximate surface area is 107 Å². The molecule has 1 fully saturated rings. The number of aromatic amines is 1. The van der Waals surface area contributed by atoms with Gasteiger partial charge in [-0.15, -0.1) is 0 Å². The normalized spacial score (nSPS) is 19.0. The first kappa shape index (κ1) is 13.0. The Morgan fingerprint density at radius 1 is 1.67 bits per heavy atom. The van der Waals surface area contributed by atoms with Crippen LogP contribution in [0.3, 0.4) is 0 Å². The fourth-order valence-corrected chi connectivity index (χ4v) is 1.89. The molecule has 1 amide bonds. The first-order valence-corrected chi connectivity index (χ1v) is 6.26. The Balaban J connectivity index is 1.79. The number of imidazole rings is 1. The van der Waals surface area contributed by atoms with Gasteiger partial charge in [0, 0.05) is 25.5 Å². The highest BCUT2D eigenvalue weighted by atomic mass is 16.5. The molecule has 1 aliphatic rings. The van der Waals surface area contributed by atoms with Crippen molar-refractivity contribution < 1.29 is 9.53 Å². The zero-order valence-electron chi connectivity index (χ0n) is 10.8. The van der Waals surface area contributed by atoms with Gasteiger partial charge in [-0.2, -0.15) is 0 Å². The van der Waals surface area contributed by atoms with Crippen molar-refractivity contribution in [3.63, 3.8) is 0 Å². The maximum absolute atomic E-state index is 11.8. The molecule has 1 aromatic rings. The standard InChI is InChI=1S/C12H20N4O2/c1-3-9(11-14-4-5-15-11)16-10(17)6-18-12(2)7-13-8-12/h4-5,9,13H,3,6-8H2,1-2H3,(H,14,15)(H,16,17). The van der Waals surface area contributed by atoms with E-state index in [2.05, 4.69) is 20.6 Å². The summed E-state index contributed by atoms with van der Waals surface area (Å²) in [7, 11) is 0. The molecule has 6 heteroatoms. The molecule has 0 bridgehead atoms. The number of hydrogen-bond acceptors (Lipinski definition) is 4. The third-order valence-corrected chi connectivity index (χ3v) is 3.14. The molecule has 6 nitrogen and oxygen atoms in total. The molecule has 3 N–H and O–H groups in total. The maximum atomic E-state index is 11.8. The second-order valence-corrected chi connectivity index (χ2v) is 4.84. The van der Waals surface area contributed by atoms with E-state index in [1.54, 1.807) is 12.4 Å². The predicted molar refractivity (Wildman–Crippen MR) is 67.0 cm³/mol. The van der Waals surface area contributed by atoms with Crippen LogP contribution in [0.2, 0.25) is 0 Å². The number of hydrogen-bond donors (Lipinski definition) is 3. The monoisotopic (exact) mass is 252 g/mol. The Bertz CT molecular complexity index is 387. The quantitative estimate of drug-likeness (QED) is 0.683. The van der Waals surface area contributed by atoms with Gasteiger partial charge < -0.3 is 20.4 Å². The summed E-state index contributed by atoms with van der Waals surface area (Å²) in [5, 5.41) is 6.04. The molecule has 0 aliphatic carbocycles. The lowest BCUT2D eigenvalue weighted by atomic mass is 10.0. The second-order valence-electron chi connectivity index (χ2n) is 4.84. The lowest BCUT2D eigenvalue weighted by molar-refractivity contribution is -0.136. The minimum Gasteiger partial charge on any atom is -0.363 e. The Kier molecular flexibility index (Phi) is 3.98. The number of carbonyl (C=O) groups is 1. The SMILES string of the molecule is CCC(NC(=O)COC1(C)CNC1)c1ncc[nH]1. The highest BCUT2D eigenvalue weighted by Gasteiger charge is 2.33. The van der Waals surface area contributed by atoms with Crippen molar-refractivity contribution in [1.82, 2.24) is 20.6 Å². The summed E-state index contributed by atoms with van der Waals surface area (Å²) in [4.78, 5) is 19.0. The number of amides is 1. The first-order chi connectivity index (χ1) is 8.63. The third-order valence-electron chi connectivity index (χ3n) is 3.14. The highest BCUT2D eigenvalue weighted by molar-refractivity contribution is 5.77. The van der Waals surface area contributed by atoms with Crippen molar-refractivity contribution in [1.29, 1.82) is 0 Å². The van der Waals surface area contributed by atoms with E-state index in [0.29, 0.717) is 0 Å². The van der Waals surface area contributed by atoms with Crippen molar-refractivity contribution in [2.75, 3.05) is 19.7 Å². The van der Waals surface area contributed by atoms with Gasteiger partial charge in [0.15, 0.2) is 0 Å². The van der Waals surface area contributed by atoms with Crippen LogP contribution < -0.4 is 10.6 Å². The van der Waals surface area contributed by atoms with Crippen molar-refractivity contribution in [2.24, 2.45) is 0 Å². The Hall–Kier alpha value is -1.40. The number of ether oxygens (including phenoxy) is 1. The van der Waals surface area contributed by atoms with Gasteiger partial charge in [-0.05, 0) is 13.3 Å². The van der Waals surface area contributed by atoms with Crippen molar-refractivity contribution >= 4 is 5.91 Å². The molecule has 18 heavy (non-hydrogen) atoms. The van der Waals surface area contributed by atoms with Gasteiger partial charge in [0.25, 0.3) is 0 Å². The zero-order chi connectivity index (χ0) is 13.0. The van der Waals surface area contributed by atoms with E-state index in [4.69, 9.17) is 4.74 Å². The first-order valence-electron chi connectivity index (χ1n) is 6.26. The predicted octanol–water partition coefficient (Wildman–Crippen LogP) is 0.356. The summed E-state index contributed by atoms with van der Waals surface area (Å²) in [6.07, 6.45) is 4.22. The van der Waals surface area contributed by atoms with Crippen LogP contribution in [0, 0.1) is 0 Å². The molecule has 0 aromatic carbocycles. The number of carbonyl (C=O) groups excluding carboxylic acids is 1. The van der Waals surface area contributed by atoms with Gasteiger partial charge in [0.1, 0.15) is 12.4 Å². The fraction of sp³-hybridized carbons (Fsp3) is 0.667. The molecule has 1 saturated heterocycles. The van der Waals surface area contributed by atoms with Crippen LogP contribution in [0.15, 0.2) is 12.4 Å². The molecule has 2 heterocycles. The van der Waals surface area contributed by atoms with Crippen LogP contribution in [-0.2, 0) is 9.53 Å². The van der Waals surface area contributed by atoms with Gasteiger partial charge in [-0.25, -0.2) is 4.98 Å². The van der Waals surface area contributed by atoms with E-state index < -0.39 is 0 Å². The lowest BCUT2D eigenvalue weighted by Crippen LogP contribution is -2.59. The molecule has 1 aliphatic heterocycles. The van der Waals surface area contributed by atoms with Crippen molar-refractivity contribution in [3.8, 4) is 0 Å². The molecule has 0 radical (unpaired) electrons. The summed E-state index contributed by atoms with van der Waals surface area (Å²) in [5.74, 6) is 0.675. The molecular weight excluding hydrogens is 232 g/mol. The number of nitrogens with one attached hydrogen (secondary N) is 3. The van der Waals surface area contributed by atoms with Crippen LogP contribution >= 0.6 is 0 Å². The topological polar surface area (TPSA) is 79.0 Å². The molecule has 0 spiro atoms. The van der Waals surface area contributed by atoms with Crippen LogP contribution in [0.1, 0.15) is 32.1 Å². The molecule has 0 saturated carbocycles. The minimum atomic E-state index is -0.191. The van der Waals surface area contributed by atoms with Gasteiger partial charge in [0.2, 0.25) is 5.91 Å². The largest absolute Gasteiger partial charge is 0.363 e. The highest BCUT2D eigenvalue weighted by Crippen LogP contribution is 2.15. The smallest absolute Gasteiger partial charge is 0.246 e. The van der Waals surface area contributed by atoms with Crippen LogP contribution in [0.4, 0.5) is 0 Å². The van der Waals surface area contributed by atoms with Crippen molar-refractivity contribution in [2.45, 2.75) is 31.9 Å². The van der Waals surface area contributed by atoms with Crippen LogP contribution in [0.25, 0.3) is 0 Å². The Morgan fingerprint density at radius 3 is 2.94 bits per heavy atom. The average molecular weight is 252 g/mol. The summed E-state index contributed by atoms with van der Waals surface area (Å²) >= 11 is 0. The summed E-state index contributed by atoms with van der Waals surface area (Å²) in [6.45, 7) is 5.70. The van der Waals surface area contributed by atoms with Crippen LogP contribution in [-0.4, -0.2) is 41.2 Å². The molecule has 2 rings (SSSR count). The Morgan fingerprint density at radius 2 is 2.44 bits per heavy atom. The summed E-state index contributed by atoms with van der Waals surface area (Å²) in [6, 6.07) is -0.0802. The summed E-state index contributed by atoms with van der Waals surface area (Å²) < 4.78 is 5.58. The van der Waals surface area contributed by atoms with Gasteiger partial charge in [0.05, 0.1) is 11.6 Å². The molecule has 100 valence electrons. The average Bonchev–Trinajstić information content (AvgIpc) is 2.84. The van der Waals surface area contributed by atoms with E-state index >= 15 is 0 Å². The zero-order valence-corrected chi connectivity index (χ0v) is 10.8. The van der Waals surface area contributed by atoms with E-state index in [-0.39, 0.29) is 24.2 Å². The number of rotatable bonds is 6. The molecular formula is C12H20N4O2. The number of H-pyrrole nitrogens is 1.